The summed E-state index contributed by atoms with van der Waals surface area (Å²) in [4.78, 5) is 12.8. The Kier molecular flexibility index (Phi) is 7.28. The molecular formula is C23H31NO3. The number of aryl methyl sites for hydroxylation is 3. The van der Waals surface area contributed by atoms with E-state index in [1.165, 1.54) is 5.56 Å². The molecule has 0 heterocycles. The van der Waals surface area contributed by atoms with E-state index in [1.807, 2.05) is 51.1 Å². The monoisotopic (exact) mass is 369 g/mol. The van der Waals surface area contributed by atoms with Crippen molar-refractivity contribution in [3.8, 4) is 11.5 Å². The third-order valence-corrected chi connectivity index (χ3v) is 4.97. The van der Waals surface area contributed by atoms with Crippen molar-refractivity contribution in [2.45, 2.75) is 59.6 Å². The van der Waals surface area contributed by atoms with Crippen LogP contribution in [0.5, 0.6) is 11.5 Å². The lowest BCUT2D eigenvalue weighted by atomic mass is 10.0. The quantitative estimate of drug-likeness (QED) is 0.709. The van der Waals surface area contributed by atoms with Crippen LogP contribution in [0.15, 0.2) is 36.4 Å². The fourth-order valence-corrected chi connectivity index (χ4v) is 3.08. The molecule has 2 atom stereocenters. The maximum absolute atomic E-state index is 12.8. The van der Waals surface area contributed by atoms with Crippen LogP contribution in [0, 0.1) is 20.8 Å². The van der Waals surface area contributed by atoms with Gasteiger partial charge in [0.25, 0.3) is 5.91 Å². The zero-order chi connectivity index (χ0) is 20.0. The van der Waals surface area contributed by atoms with Crippen LogP contribution < -0.4 is 14.8 Å². The molecule has 2 rings (SSSR count). The molecule has 1 N–H and O–H groups in total. The van der Waals surface area contributed by atoms with Crippen LogP contribution in [0.2, 0.25) is 0 Å². The van der Waals surface area contributed by atoms with Gasteiger partial charge < -0.3 is 14.8 Å². The molecule has 0 aliphatic carbocycles. The molecule has 0 fully saturated rings. The minimum Gasteiger partial charge on any atom is -0.496 e. The Hall–Kier alpha value is -2.49. The highest BCUT2D eigenvalue weighted by atomic mass is 16.5. The van der Waals surface area contributed by atoms with E-state index in [0.717, 1.165) is 34.6 Å². The van der Waals surface area contributed by atoms with E-state index in [-0.39, 0.29) is 11.9 Å². The first-order valence-electron chi connectivity index (χ1n) is 9.58. The van der Waals surface area contributed by atoms with Crippen molar-refractivity contribution in [1.82, 2.24) is 5.32 Å². The van der Waals surface area contributed by atoms with Gasteiger partial charge >= 0.3 is 0 Å². The molecule has 0 radical (unpaired) electrons. The molecule has 0 spiro atoms. The highest BCUT2D eigenvalue weighted by Gasteiger charge is 2.22. The average molecular weight is 370 g/mol. The van der Waals surface area contributed by atoms with Gasteiger partial charge in [-0.2, -0.15) is 0 Å². The lowest BCUT2D eigenvalue weighted by Crippen LogP contribution is -2.40. The fraction of sp³-hybridized carbons (Fsp3) is 0.435. The number of methoxy groups -OCH3 is 1. The number of ether oxygens (including phenoxy) is 2. The largest absolute Gasteiger partial charge is 0.496 e. The highest BCUT2D eigenvalue weighted by Crippen LogP contribution is 2.25. The number of benzene rings is 2. The van der Waals surface area contributed by atoms with E-state index < -0.39 is 6.10 Å². The number of amides is 1. The number of carbonyl (C=O) groups is 1. The summed E-state index contributed by atoms with van der Waals surface area (Å²) in [5.74, 6) is 1.49. The van der Waals surface area contributed by atoms with Crippen molar-refractivity contribution < 1.29 is 14.3 Å². The Morgan fingerprint density at radius 3 is 2.26 bits per heavy atom. The molecule has 0 aromatic heterocycles. The van der Waals surface area contributed by atoms with Crippen LogP contribution in [-0.2, 0) is 4.79 Å². The summed E-state index contributed by atoms with van der Waals surface area (Å²) in [5.41, 5.74) is 4.50. The summed E-state index contributed by atoms with van der Waals surface area (Å²) in [6, 6.07) is 11.9. The molecule has 0 unspecified atom stereocenters. The smallest absolute Gasteiger partial charge is 0.261 e. The Labute approximate surface area is 162 Å². The highest BCUT2D eigenvalue weighted by molar-refractivity contribution is 5.81. The SMILES string of the molecule is CC[C@H](Oc1ccc(C)c(C)c1)C(=O)N[C@H](CC)c1ccc(OC)c(C)c1. The van der Waals surface area contributed by atoms with E-state index in [2.05, 4.69) is 25.2 Å². The fourth-order valence-electron chi connectivity index (χ4n) is 3.08. The van der Waals surface area contributed by atoms with E-state index >= 15 is 0 Å². The molecule has 0 bridgehead atoms. The Morgan fingerprint density at radius 2 is 1.70 bits per heavy atom. The van der Waals surface area contributed by atoms with Crippen molar-refractivity contribution in [1.29, 1.82) is 0 Å². The summed E-state index contributed by atoms with van der Waals surface area (Å²) < 4.78 is 11.3. The zero-order valence-corrected chi connectivity index (χ0v) is 17.3. The molecule has 1 amide bonds. The number of rotatable bonds is 8. The minimum absolute atomic E-state index is 0.0560. The Morgan fingerprint density at radius 1 is 0.963 bits per heavy atom. The van der Waals surface area contributed by atoms with Gasteiger partial charge in [0.2, 0.25) is 0 Å². The Balaban J connectivity index is 2.11. The molecule has 2 aromatic rings. The molecule has 0 saturated carbocycles. The van der Waals surface area contributed by atoms with Gasteiger partial charge in [-0.15, -0.1) is 0 Å². The normalized spacial score (nSPS) is 13.0. The first kappa shape index (κ1) is 20.8. The third kappa shape index (κ3) is 5.25. The van der Waals surface area contributed by atoms with Crippen molar-refractivity contribution in [2.24, 2.45) is 0 Å². The van der Waals surface area contributed by atoms with Crippen molar-refractivity contribution in [3.05, 3.63) is 58.7 Å². The average Bonchev–Trinajstić information content (AvgIpc) is 2.66. The van der Waals surface area contributed by atoms with Gasteiger partial charge in [-0.3, -0.25) is 4.79 Å². The number of carbonyl (C=O) groups excluding carboxylic acids is 1. The van der Waals surface area contributed by atoms with Crippen LogP contribution in [0.4, 0.5) is 0 Å². The second kappa shape index (κ2) is 9.45. The molecule has 27 heavy (non-hydrogen) atoms. The van der Waals surface area contributed by atoms with Crippen LogP contribution in [0.1, 0.15) is 55.0 Å². The van der Waals surface area contributed by atoms with Gasteiger partial charge in [0.05, 0.1) is 13.2 Å². The standard InChI is InChI=1S/C23H31NO3/c1-7-20(18-10-12-22(26-6)17(5)13-18)24-23(25)21(8-2)27-19-11-9-15(3)16(4)14-19/h9-14,20-21H,7-8H2,1-6H3,(H,24,25)/t20-,21+/m1/s1. The predicted molar refractivity (Wildman–Crippen MR) is 110 cm³/mol. The minimum atomic E-state index is -0.513. The van der Waals surface area contributed by atoms with E-state index in [9.17, 15) is 4.79 Å². The van der Waals surface area contributed by atoms with Gasteiger partial charge in [0, 0.05) is 0 Å². The summed E-state index contributed by atoms with van der Waals surface area (Å²) in [6.45, 7) is 10.1. The lowest BCUT2D eigenvalue weighted by molar-refractivity contribution is -0.128. The summed E-state index contributed by atoms with van der Waals surface area (Å²) in [7, 11) is 1.66. The molecule has 0 aliphatic heterocycles. The number of hydrogen-bond donors (Lipinski definition) is 1. The van der Waals surface area contributed by atoms with Crippen LogP contribution in [0.3, 0.4) is 0 Å². The maximum atomic E-state index is 12.8. The van der Waals surface area contributed by atoms with Crippen molar-refractivity contribution >= 4 is 5.91 Å². The summed E-state index contributed by atoms with van der Waals surface area (Å²) in [5, 5.41) is 3.14. The Bertz CT molecular complexity index is 785. The van der Waals surface area contributed by atoms with E-state index in [1.54, 1.807) is 7.11 Å². The van der Waals surface area contributed by atoms with Crippen LogP contribution >= 0.6 is 0 Å². The van der Waals surface area contributed by atoms with E-state index in [4.69, 9.17) is 9.47 Å². The second-order valence-electron chi connectivity index (χ2n) is 6.96. The molecular weight excluding hydrogens is 338 g/mol. The van der Waals surface area contributed by atoms with E-state index in [0.29, 0.717) is 6.42 Å². The first-order chi connectivity index (χ1) is 12.9. The first-order valence-corrected chi connectivity index (χ1v) is 9.58. The third-order valence-electron chi connectivity index (χ3n) is 4.97. The summed E-state index contributed by atoms with van der Waals surface area (Å²) >= 11 is 0. The maximum Gasteiger partial charge on any atom is 0.261 e. The number of hydrogen-bond acceptors (Lipinski definition) is 3. The molecule has 0 aliphatic rings. The molecule has 146 valence electrons. The zero-order valence-electron chi connectivity index (χ0n) is 17.3. The molecule has 2 aromatic carbocycles. The molecule has 4 heteroatoms. The van der Waals surface area contributed by atoms with Crippen LogP contribution in [0.25, 0.3) is 0 Å². The van der Waals surface area contributed by atoms with Gasteiger partial charge in [-0.1, -0.05) is 32.0 Å². The van der Waals surface area contributed by atoms with Gasteiger partial charge in [0.1, 0.15) is 11.5 Å². The topological polar surface area (TPSA) is 47.6 Å². The van der Waals surface area contributed by atoms with Crippen LogP contribution in [-0.4, -0.2) is 19.1 Å². The number of nitrogens with one attached hydrogen (secondary N) is 1. The molecule has 4 nitrogen and oxygen atoms in total. The second-order valence-corrected chi connectivity index (χ2v) is 6.96. The van der Waals surface area contributed by atoms with Gasteiger partial charge in [-0.25, -0.2) is 0 Å². The van der Waals surface area contributed by atoms with Crippen molar-refractivity contribution in [2.75, 3.05) is 7.11 Å². The summed E-state index contributed by atoms with van der Waals surface area (Å²) in [6.07, 6.45) is 0.898. The van der Waals surface area contributed by atoms with Gasteiger partial charge in [-0.05, 0) is 74.1 Å². The van der Waals surface area contributed by atoms with Crippen molar-refractivity contribution in [3.63, 3.8) is 0 Å². The van der Waals surface area contributed by atoms with Gasteiger partial charge in [0.15, 0.2) is 6.10 Å². The lowest BCUT2D eigenvalue weighted by Gasteiger charge is -2.23. The predicted octanol–water partition coefficient (Wildman–Crippen LogP) is 5.05. The molecule has 0 saturated heterocycles.